The molecule has 3 heteroatoms. The Labute approximate surface area is 86.0 Å². The molecule has 82 valence electrons. The molecule has 0 saturated heterocycles. The van der Waals surface area contributed by atoms with E-state index in [1.807, 2.05) is 13.8 Å². The summed E-state index contributed by atoms with van der Waals surface area (Å²) in [5.41, 5.74) is 5.65. The Morgan fingerprint density at radius 1 is 1.50 bits per heavy atom. The first-order valence-electron chi connectivity index (χ1n) is 5.53. The topological polar surface area (TPSA) is 52.3 Å². The number of carbonyl (C=O) groups excluding carboxylic acids is 1. The van der Waals surface area contributed by atoms with Crippen LogP contribution in [-0.4, -0.2) is 18.6 Å². The molecule has 1 unspecified atom stereocenters. The van der Waals surface area contributed by atoms with Crippen molar-refractivity contribution in [3.05, 3.63) is 0 Å². The number of nitrogens with two attached hydrogens (primary N) is 1. The van der Waals surface area contributed by atoms with Crippen molar-refractivity contribution in [2.75, 3.05) is 6.61 Å². The Bertz CT molecular complexity index is 188. The zero-order valence-corrected chi connectivity index (χ0v) is 9.16. The molecule has 1 saturated carbocycles. The third-order valence-corrected chi connectivity index (χ3v) is 2.99. The fourth-order valence-corrected chi connectivity index (χ4v) is 1.48. The molecule has 0 bridgehead atoms. The van der Waals surface area contributed by atoms with E-state index in [0.717, 1.165) is 12.3 Å². The summed E-state index contributed by atoms with van der Waals surface area (Å²) in [6.07, 6.45) is 4.95. The molecule has 0 aliphatic heterocycles. The molecule has 0 spiro atoms. The molecule has 1 atom stereocenters. The number of carbonyl (C=O) groups is 1. The Kier molecular flexibility index (Phi) is 4.39. The zero-order chi connectivity index (χ0) is 10.6. The molecule has 14 heavy (non-hydrogen) atoms. The van der Waals surface area contributed by atoms with E-state index in [2.05, 4.69) is 0 Å². The van der Waals surface area contributed by atoms with Crippen molar-refractivity contribution in [2.45, 2.75) is 45.6 Å². The number of hydrogen-bond acceptors (Lipinski definition) is 3. The molecule has 1 aliphatic rings. The van der Waals surface area contributed by atoms with E-state index < -0.39 is 6.04 Å². The van der Waals surface area contributed by atoms with Crippen LogP contribution in [0.25, 0.3) is 0 Å². The van der Waals surface area contributed by atoms with Crippen molar-refractivity contribution in [3.8, 4) is 0 Å². The van der Waals surface area contributed by atoms with Crippen LogP contribution in [0.3, 0.4) is 0 Å². The van der Waals surface area contributed by atoms with Gasteiger partial charge in [-0.1, -0.05) is 33.1 Å². The van der Waals surface area contributed by atoms with E-state index in [0.29, 0.717) is 6.61 Å². The average Bonchev–Trinajstić information content (AvgIpc) is 2.07. The lowest BCUT2D eigenvalue weighted by atomic mass is 9.83. The summed E-state index contributed by atoms with van der Waals surface area (Å²) in [5, 5.41) is 0. The summed E-state index contributed by atoms with van der Waals surface area (Å²) < 4.78 is 5.11. The van der Waals surface area contributed by atoms with E-state index in [9.17, 15) is 4.79 Å². The second kappa shape index (κ2) is 5.35. The maximum atomic E-state index is 11.3. The van der Waals surface area contributed by atoms with Crippen molar-refractivity contribution in [1.82, 2.24) is 0 Å². The SMILES string of the molecule is CC(C)C(N)C(=O)OCCC1CCC1. The van der Waals surface area contributed by atoms with Gasteiger partial charge in [-0.25, -0.2) is 0 Å². The molecular formula is C11H21NO2. The van der Waals surface area contributed by atoms with Gasteiger partial charge in [-0.3, -0.25) is 4.79 Å². The predicted molar refractivity (Wildman–Crippen MR) is 55.7 cm³/mol. The molecule has 1 fully saturated rings. The number of hydrogen-bond donors (Lipinski definition) is 1. The van der Waals surface area contributed by atoms with Gasteiger partial charge in [-0.05, 0) is 18.3 Å². The van der Waals surface area contributed by atoms with Crippen molar-refractivity contribution >= 4 is 5.97 Å². The summed E-state index contributed by atoms with van der Waals surface area (Å²) in [6.45, 7) is 4.40. The van der Waals surface area contributed by atoms with Gasteiger partial charge >= 0.3 is 5.97 Å². The quantitative estimate of drug-likeness (QED) is 0.686. The second-order valence-electron chi connectivity index (χ2n) is 4.52. The first kappa shape index (κ1) is 11.5. The van der Waals surface area contributed by atoms with Crippen LogP contribution >= 0.6 is 0 Å². The molecule has 2 N–H and O–H groups in total. The van der Waals surface area contributed by atoms with Gasteiger partial charge in [0.25, 0.3) is 0 Å². The minimum atomic E-state index is -0.462. The van der Waals surface area contributed by atoms with E-state index in [4.69, 9.17) is 10.5 Å². The van der Waals surface area contributed by atoms with Crippen molar-refractivity contribution in [1.29, 1.82) is 0 Å². The predicted octanol–water partition coefficient (Wildman–Crippen LogP) is 1.70. The largest absolute Gasteiger partial charge is 0.465 e. The van der Waals surface area contributed by atoms with Crippen LogP contribution in [-0.2, 0) is 9.53 Å². The van der Waals surface area contributed by atoms with Gasteiger partial charge < -0.3 is 10.5 Å². The molecule has 1 aliphatic carbocycles. The van der Waals surface area contributed by atoms with Gasteiger partial charge in [0.15, 0.2) is 0 Å². The Morgan fingerprint density at radius 2 is 2.14 bits per heavy atom. The molecule has 0 amide bonds. The Morgan fingerprint density at radius 3 is 2.57 bits per heavy atom. The van der Waals surface area contributed by atoms with Gasteiger partial charge in [0, 0.05) is 0 Å². The van der Waals surface area contributed by atoms with E-state index in [1.165, 1.54) is 19.3 Å². The highest BCUT2D eigenvalue weighted by molar-refractivity contribution is 5.75. The second-order valence-corrected chi connectivity index (χ2v) is 4.52. The first-order valence-corrected chi connectivity index (χ1v) is 5.53. The molecule has 0 aromatic rings. The normalized spacial score (nSPS) is 19.1. The summed E-state index contributed by atoms with van der Waals surface area (Å²) in [7, 11) is 0. The summed E-state index contributed by atoms with van der Waals surface area (Å²) in [4.78, 5) is 11.3. The van der Waals surface area contributed by atoms with Crippen LogP contribution in [0.5, 0.6) is 0 Å². The minimum absolute atomic E-state index is 0.159. The lowest BCUT2D eigenvalue weighted by Gasteiger charge is -2.25. The average molecular weight is 199 g/mol. The smallest absolute Gasteiger partial charge is 0.323 e. The highest BCUT2D eigenvalue weighted by atomic mass is 16.5. The molecule has 3 nitrogen and oxygen atoms in total. The highest BCUT2D eigenvalue weighted by Crippen LogP contribution is 2.29. The van der Waals surface area contributed by atoms with Crippen LogP contribution in [0.15, 0.2) is 0 Å². The van der Waals surface area contributed by atoms with Crippen LogP contribution in [0.2, 0.25) is 0 Å². The summed E-state index contributed by atoms with van der Waals surface area (Å²) in [5.74, 6) is 0.698. The fraction of sp³-hybridized carbons (Fsp3) is 0.909. The van der Waals surface area contributed by atoms with E-state index in [1.54, 1.807) is 0 Å². The van der Waals surface area contributed by atoms with Crippen molar-refractivity contribution < 1.29 is 9.53 Å². The number of ether oxygens (including phenoxy) is 1. The lowest BCUT2D eigenvalue weighted by molar-refractivity contribution is -0.146. The molecule has 1 rings (SSSR count). The first-order chi connectivity index (χ1) is 6.61. The van der Waals surface area contributed by atoms with Gasteiger partial charge in [0.2, 0.25) is 0 Å². The standard InChI is InChI=1S/C11H21NO2/c1-8(2)10(12)11(13)14-7-6-9-4-3-5-9/h8-10H,3-7,12H2,1-2H3. The third-order valence-electron chi connectivity index (χ3n) is 2.99. The monoisotopic (exact) mass is 199 g/mol. The Balaban J connectivity index is 2.07. The van der Waals surface area contributed by atoms with Gasteiger partial charge in [0.05, 0.1) is 6.61 Å². The minimum Gasteiger partial charge on any atom is -0.465 e. The van der Waals surface area contributed by atoms with Crippen LogP contribution < -0.4 is 5.73 Å². The maximum Gasteiger partial charge on any atom is 0.323 e. The Hall–Kier alpha value is -0.570. The van der Waals surface area contributed by atoms with Crippen LogP contribution in [0.1, 0.15) is 39.5 Å². The van der Waals surface area contributed by atoms with E-state index in [-0.39, 0.29) is 11.9 Å². The summed E-state index contributed by atoms with van der Waals surface area (Å²) in [6, 6.07) is -0.462. The van der Waals surface area contributed by atoms with Crippen LogP contribution in [0, 0.1) is 11.8 Å². The van der Waals surface area contributed by atoms with Gasteiger partial charge in [-0.2, -0.15) is 0 Å². The lowest BCUT2D eigenvalue weighted by Crippen LogP contribution is -2.37. The third kappa shape index (κ3) is 3.29. The van der Waals surface area contributed by atoms with Crippen molar-refractivity contribution in [3.63, 3.8) is 0 Å². The fourth-order valence-electron chi connectivity index (χ4n) is 1.48. The maximum absolute atomic E-state index is 11.3. The number of rotatable bonds is 5. The zero-order valence-electron chi connectivity index (χ0n) is 9.16. The summed E-state index contributed by atoms with van der Waals surface area (Å²) >= 11 is 0. The molecular weight excluding hydrogens is 178 g/mol. The van der Waals surface area contributed by atoms with Crippen molar-refractivity contribution in [2.24, 2.45) is 17.6 Å². The van der Waals surface area contributed by atoms with E-state index >= 15 is 0 Å². The molecule has 0 radical (unpaired) electrons. The number of esters is 1. The highest BCUT2D eigenvalue weighted by Gasteiger charge is 2.21. The molecule has 0 heterocycles. The molecule has 0 aromatic heterocycles. The van der Waals surface area contributed by atoms with Gasteiger partial charge in [-0.15, -0.1) is 0 Å². The van der Waals surface area contributed by atoms with Crippen LogP contribution in [0.4, 0.5) is 0 Å². The van der Waals surface area contributed by atoms with Gasteiger partial charge in [0.1, 0.15) is 6.04 Å². The molecule has 0 aromatic carbocycles.